The molecule has 0 atom stereocenters. The van der Waals surface area contributed by atoms with Crippen LogP contribution in [0.15, 0.2) is 30.5 Å². The molecule has 2 amide bonds. The van der Waals surface area contributed by atoms with Gasteiger partial charge in [-0.05, 0) is 55.7 Å². The second-order valence-electron chi connectivity index (χ2n) is 9.76. The van der Waals surface area contributed by atoms with Crippen LogP contribution in [0.2, 0.25) is 5.02 Å². The first-order valence-electron chi connectivity index (χ1n) is 11.5. The number of hydrogen-bond acceptors (Lipinski definition) is 6. The van der Waals surface area contributed by atoms with Crippen molar-refractivity contribution in [3.05, 3.63) is 58.5 Å². The summed E-state index contributed by atoms with van der Waals surface area (Å²) in [6, 6.07) is 5.65. The fourth-order valence-corrected chi connectivity index (χ4v) is 4.36. The third-order valence-corrected chi connectivity index (χ3v) is 7.14. The standard InChI is InChI=1S/C24H26ClFN6O4/c1-23(6-8-24(2,9-7-23)22(35)36)13-28-21(34)19-31-18(30-17-5-10-29-32(17)19)20(33)27-12-14-3-4-16(26)15(25)11-14/h3-5,10-11H,6-9,12-13H2,1-2H3,(H,27,33)(H,28,34)(H,35,36). The SMILES string of the molecule is CC1(CNC(=O)c2nc(C(=O)NCc3ccc(F)c(Cl)c3)nc3ccnn23)CCC(C)(C(=O)O)CC1. The quantitative estimate of drug-likeness (QED) is 0.438. The molecule has 3 aromatic rings. The van der Waals surface area contributed by atoms with Gasteiger partial charge in [0.2, 0.25) is 11.6 Å². The molecule has 0 bridgehead atoms. The molecule has 2 heterocycles. The van der Waals surface area contributed by atoms with Crippen molar-refractivity contribution in [2.75, 3.05) is 6.54 Å². The Morgan fingerprint density at radius 3 is 2.47 bits per heavy atom. The molecule has 0 unspecified atom stereocenters. The summed E-state index contributed by atoms with van der Waals surface area (Å²) in [5.74, 6) is -2.84. The van der Waals surface area contributed by atoms with Crippen molar-refractivity contribution < 1.29 is 23.9 Å². The van der Waals surface area contributed by atoms with E-state index in [4.69, 9.17) is 11.6 Å². The highest BCUT2D eigenvalue weighted by Gasteiger charge is 2.42. The Morgan fingerprint density at radius 2 is 1.81 bits per heavy atom. The topological polar surface area (TPSA) is 139 Å². The molecule has 36 heavy (non-hydrogen) atoms. The predicted octanol–water partition coefficient (Wildman–Crippen LogP) is 3.25. The van der Waals surface area contributed by atoms with Crippen LogP contribution in [-0.2, 0) is 11.3 Å². The van der Waals surface area contributed by atoms with Crippen molar-refractivity contribution in [3.8, 4) is 0 Å². The largest absolute Gasteiger partial charge is 0.481 e. The summed E-state index contributed by atoms with van der Waals surface area (Å²) in [6.45, 7) is 4.14. The van der Waals surface area contributed by atoms with Crippen molar-refractivity contribution in [2.24, 2.45) is 10.8 Å². The number of carboxylic acids is 1. The minimum atomic E-state index is -0.802. The first kappa shape index (κ1) is 25.5. The summed E-state index contributed by atoms with van der Waals surface area (Å²) in [5, 5.41) is 19.0. The molecule has 2 aromatic heterocycles. The van der Waals surface area contributed by atoms with Gasteiger partial charge in [0.25, 0.3) is 11.8 Å². The van der Waals surface area contributed by atoms with Gasteiger partial charge in [0.15, 0.2) is 5.65 Å². The summed E-state index contributed by atoms with van der Waals surface area (Å²) in [5.41, 5.74) is -0.166. The molecule has 1 aliphatic carbocycles. The maximum absolute atomic E-state index is 13.4. The van der Waals surface area contributed by atoms with Gasteiger partial charge < -0.3 is 15.7 Å². The van der Waals surface area contributed by atoms with E-state index in [1.807, 2.05) is 6.92 Å². The number of aliphatic carboxylic acids is 1. The van der Waals surface area contributed by atoms with Gasteiger partial charge in [-0.15, -0.1) is 0 Å². The van der Waals surface area contributed by atoms with Crippen LogP contribution in [0.1, 0.15) is 66.3 Å². The zero-order chi connectivity index (χ0) is 26.1. The Morgan fingerprint density at radius 1 is 1.08 bits per heavy atom. The number of amides is 2. The van der Waals surface area contributed by atoms with Gasteiger partial charge in [0.1, 0.15) is 5.82 Å². The molecule has 4 rings (SSSR count). The van der Waals surface area contributed by atoms with Gasteiger partial charge in [-0.3, -0.25) is 14.4 Å². The molecule has 0 saturated heterocycles. The van der Waals surface area contributed by atoms with E-state index in [1.165, 1.54) is 28.9 Å². The molecule has 12 heteroatoms. The van der Waals surface area contributed by atoms with Crippen LogP contribution in [0.5, 0.6) is 0 Å². The van der Waals surface area contributed by atoms with E-state index >= 15 is 0 Å². The van der Waals surface area contributed by atoms with Crippen LogP contribution in [0.25, 0.3) is 5.65 Å². The van der Waals surface area contributed by atoms with E-state index in [1.54, 1.807) is 13.0 Å². The molecule has 0 radical (unpaired) electrons. The Hall–Kier alpha value is -3.60. The lowest BCUT2D eigenvalue weighted by Crippen LogP contribution is -2.43. The number of aromatic nitrogens is 4. The summed E-state index contributed by atoms with van der Waals surface area (Å²) in [7, 11) is 0. The van der Waals surface area contributed by atoms with E-state index in [-0.39, 0.29) is 34.3 Å². The fourth-order valence-electron chi connectivity index (χ4n) is 4.15. The summed E-state index contributed by atoms with van der Waals surface area (Å²) in [4.78, 5) is 45.6. The van der Waals surface area contributed by atoms with Crippen LogP contribution < -0.4 is 10.6 Å². The number of carbonyl (C=O) groups excluding carboxylic acids is 2. The lowest BCUT2D eigenvalue weighted by molar-refractivity contribution is -0.151. The van der Waals surface area contributed by atoms with Crippen LogP contribution >= 0.6 is 11.6 Å². The number of carbonyl (C=O) groups is 3. The van der Waals surface area contributed by atoms with Gasteiger partial charge in [-0.1, -0.05) is 24.6 Å². The highest BCUT2D eigenvalue weighted by Crippen LogP contribution is 2.45. The Labute approximate surface area is 211 Å². The third-order valence-electron chi connectivity index (χ3n) is 6.85. The van der Waals surface area contributed by atoms with Crippen LogP contribution in [-0.4, -0.2) is 49.0 Å². The van der Waals surface area contributed by atoms with E-state index in [2.05, 4.69) is 25.7 Å². The molecule has 1 aromatic carbocycles. The molecule has 1 saturated carbocycles. The van der Waals surface area contributed by atoms with Crippen molar-refractivity contribution in [1.82, 2.24) is 30.2 Å². The van der Waals surface area contributed by atoms with Crippen LogP contribution in [0.3, 0.4) is 0 Å². The summed E-state index contributed by atoms with van der Waals surface area (Å²) >= 11 is 5.79. The van der Waals surface area contributed by atoms with E-state index < -0.39 is 29.0 Å². The molecule has 1 aliphatic rings. The van der Waals surface area contributed by atoms with E-state index in [0.29, 0.717) is 37.8 Å². The van der Waals surface area contributed by atoms with Crippen molar-refractivity contribution in [1.29, 1.82) is 0 Å². The van der Waals surface area contributed by atoms with Crippen LogP contribution in [0, 0.1) is 16.6 Å². The van der Waals surface area contributed by atoms with Gasteiger partial charge in [-0.25, -0.2) is 9.37 Å². The van der Waals surface area contributed by atoms with Crippen LogP contribution in [0.4, 0.5) is 4.39 Å². The number of halogens is 2. The predicted molar refractivity (Wildman–Crippen MR) is 128 cm³/mol. The van der Waals surface area contributed by atoms with Gasteiger partial charge in [0.05, 0.1) is 16.6 Å². The first-order valence-corrected chi connectivity index (χ1v) is 11.8. The van der Waals surface area contributed by atoms with Crippen molar-refractivity contribution >= 4 is 35.0 Å². The van der Waals surface area contributed by atoms with E-state index in [0.717, 1.165) is 0 Å². The monoisotopic (exact) mass is 516 g/mol. The fraction of sp³-hybridized carbons (Fsp3) is 0.417. The van der Waals surface area contributed by atoms with Gasteiger partial charge in [0, 0.05) is 19.2 Å². The lowest BCUT2D eigenvalue weighted by Gasteiger charge is -2.40. The van der Waals surface area contributed by atoms with Gasteiger partial charge in [-0.2, -0.15) is 14.6 Å². The lowest BCUT2D eigenvalue weighted by atomic mass is 9.65. The number of hydrogen-bond donors (Lipinski definition) is 3. The third kappa shape index (κ3) is 5.30. The zero-order valence-corrected chi connectivity index (χ0v) is 20.6. The average Bonchev–Trinajstić information content (AvgIpc) is 3.33. The maximum atomic E-state index is 13.4. The molecular weight excluding hydrogens is 491 g/mol. The number of carboxylic acid groups (broad SMARTS) is 1. The molecular formula is C24H26ClFN6O4. The number of fused-ring (bicyclic) bond motifs is 1. The Balaban J connectivity index is 1.46. The second-order valence-corrected chi connectivity index (χ2v) is 10.2. The molecule has 190 valence electrons. The highest BCUT2D eigenvalue weighted by molar-refractivity contribution is 6.30. The van der Waals surface area contributed by atoms with Crippen molar-refractivity contribution in [2.45, 2.75) is 46.1 Å². The average molecular weight is 517 g/mol. The molecule has 0 aliphatic heterocycles. The molecule has 0 spiro atoms. The minimum Gasteiger partial charge on any atom is -0.481 e. The Kier molecular flexibility index (Phi) is 6.94. The summed E-state index contributed by atoms with van der Waals surface area (Å²) < 4.78 is 14.6. The first-order chi connectivity index (χ1) is 17.0. The smallest absolute Gasteiger partial charge is 0.309 e. The normalized spacial score (nSPS) is 21.8. The summed E-state index contributed by atoms with van der Waals surface area (Å²) in [6.07, 6.45) is 3.79. The van der Waals surface area contributed by atoms with Crippen molar-refractivity contribution in [3.63, 3.8) is 0 Å². The number of nitrogens with zero attached hydrogens (tertiary/aromatic N) is 4. The highest BCUT2D eigenvalue weighted by atomic mass is 35.5. The number of nitrogens with one attached hydrogen (secondary N) is 2. The van der Waals surface area contributed by atoms with E-state index in [9.17, 15) is 23.9 Å². The number of rotatable bonds is 7. The second kappa shape index (κ2) is 9.81. The maximum Gasteiger partial charge on any atom is 0.309 e. The van der Waals surface area contributed by atoms with Gasteiger partial charge >= 0.3 is 5.97 Å². The Bertz CT molecular complexity index is 1340. The minimum absolute atomic E-state index is 0.0573. The molecule has 10 nitrogen and oxygen atoms in total. The molecule has 3 N–H and O–H groups in total. The number of benzene rings is 1. The molecule has 1 fully saturated rings. The zero-order valence-electron chi connectivity index (χ0n) is 19.8.